The SMILES string of the molecule is C(=Cc1ccc2c3cccc4c(C=Cc5ccc6cc7ccccc7cc6c5)ccc(c5cccc1c52)c43)c1ccc2ccccc2c1. The van der Waals surface area contributed by atoms with Crippen LogP contribution in [0.3, 0.4) is 0 Å². The Labute approximate surface area is 278 Å². The first kappa shape index (κ1) is 26.9. The van der Waals surface area contributed by atoms with Crippen LogP contribution in [0.1, 0.15) is 22.3 Å². The fourth-order valence-corrected chi connectivity index (χ4v) is 7.79. The molecule has 0 atom stereocenters. The van der Waals surface area contributed by atoms with Crippen molar-refractivity contribution in [1.29, 1.82) is 0 Å². The first-order valence-corrected chi connectivity index (χ1v) is 16.7. The third-order valence-corrected chi connectivity index (χ3v) is 10.1. The molecule has 0 aliphatic carbocycles. The molecule has 0 aliphatic rings. The van der Waals surface area contributed by atoms with E-state index in [1.165, 1.54) is 97.7 Å². The van der Waals surface area contributed by atoms with Gasteiger partial charge in [0.2, 0.25) is 0 Å². The molecule has 0 heteroatoms. The van der Waals surface area contributed by atoms with E-state index in [0.717, 1.165) is 0 Å². The molecular weight excluding hydrogens is 577 g/mol. The summed E-state index contributed by atoms with van der Waals surface area (Å²) in [5.41, 5.74) is 4.89. The summed E-state index contributed by atoms with van der Waals surface area (Å²) in [5, 5.41) is 18.1. The monoisotopic (exact) mass is 606 g/mol. The van der Waals surface area contributed by atoms with E-state index < -0.39 is 0 Å². The molecule has 0 aromatic heterocycles. The quantitative estimate of drug-likeness (QED) is 0.106. The first-order chi connectivity index (χ1) is 23.8. The lowest BCUT2D eigenvalue weighted by molar-refractivity contribution is 1.70. The van der Waals surface area contributed by atoms with Crippen LogP contribution in [0.25, 0.3) is 99.7 Å². The summed E-state index contributed by atoms with van der Waals surface area (Å²) < 4.78 is 0. The van der Waals surface area contributed by atoms with Gasteiger partial charge in [-0.3, -0.25) is 0 Å². The van der Waals surface area contributed by atoms with Crippen LogP contribution >= 0.6 is 0 Å². The minimum atomic E-state index is 1.21. The molecule has 48 heavy (non-hydrogen) atoms. The highest BCUT2D eigenvalue weighted by Crippen LogP contribution is 2.42. The number of hydrogen-bond acceptors (Lipinski definition) is 0. The molecule has 0 saturated heterocycles. The van der Waals surface area contributed by atoms with Crippen LogP contribution < -0.4 is 0 Å². The zero-order valence-corrected chi connectivity index (χ0v) is 26.3. The van der Waals surface area contributed by atoms with Gasteiger partial charge in [-0.25, -0.2) is 0 Å². The zero-order valence-electron chi connectivity index (χ0n) is 26.3. The molecule has 0 N–H and O–H groups in total. The Kier molecular flexibility index (Phi) is 5.98. The maximum Gasteiger partial charge on any atom is -0.00204 e. The molecule has 0 aliphatic heterocycles. The average Bonchev–Trinajstić information content (AvgIpc) is 3.14. The molecule has 0 fully saturated rings. The van der Waals surface area contributed by atoms with Crippen molar-refractivity contribution in [3.8, 4) is 0 Å². The molecule has 0 spiro atoms. The van der Waals surface area contributed by atoms with E-state index in [4.69, 9.17) is 0 Å². The summed E-state index contributed by atoms with van der Waals surface area (Å²) >= 11 is 0. The molecule has 0 heterocycles. The number of hydrogen-bond donors (Lipinski definition) is 0. The Morgan fingerprint density at radius 1 is 0.250 bits per heavy atom. The molecular formula is C48H30. The summed E-state index contributed by atoms with van der Waals surface area (Å²) in [4.78, 5) is 0. The van der Waals surface area contributed by atoms with Gasteiger partial charge >= 0.3 is 0 Å². The van der Waals surface area contributed by atoms with E-state index in [1.54, 1.807) is 0 Å². The van der Waals surface area contributed by atoms with Gasteiger partial charge in [0.25, 0.3) is 0 Å². The van der Waals surface area contributed by atoms with Crippen LogP contribution in [-0.4, -0.2) is 0 Å². The third-order valence-electron chi connectivity index (χ3n) is 10.1. The van der Waals surface area contributed by atoms with E-state index in [2.05, 4.69) is 182 Å². The van der Waals surface area contributed by atoms with Crippen LogP contribution in [0.2, 0.25) is 0 Å². The van der Waals surface area contributed by atoms with E-state index in [9.17, 15) is 0 Å². The predicted molar refractivity (Wildman–Crippen MR) is 211 cm³/mol. The molecule has 0 nitrogen and oxygen atoms in total. The van der Waals surface area contributed by atoms with Crippen molar-refractivity contribution in [3.05, 3.63) is 180 Å². The topological polar surface area (TPSA) is 0 Å². The maximum atomic E-state index is 2.33. The van der Waals surface area contributed by atoms with Gasteiger partial charge in [-0.05, 0) is 122 Å². The molecule has 0 amide bonds. The van der Waals surface area contributed by atoms with Crippen molar-refractivity contribution >= 4 is 99.7 Å². The average molecular weight is 607 g/mol. The summed E-state index contributed by atoms with van der Waals surface area (Å²) in [6.45, 7) is 0. The summed E-state index contributed by atoms with van der Waals surface area (Å²) in [6.07, 6.45) is 9.04. The van der Waals surface area contributed by atoms with E-state index >= 15 is 0 Å². The smallest absolute Gasteiger partial charge is 0.00204 e. The van der Waals surface area contributed by atoms with Crippen LogP contribution in [-0.2, 0) is 0 Å². The highest BCUT2D eigenvalue weighted by atomic mass is 14.2. The van der Waals surface area contributed by atoms with Gasteiger partial charge in [-0.1, -0.05) is 158 Å². The standard InChI is InChI=1S/C48H30/c1-2-8-36-27-31(15-19-33(36)7-1)16-20-34-23-25-45-44-14-6-12-42-35(24-26-46(48(42)44)43-13-5-11-41(34)47(43)45)21-17-32-18-22-39-29-37-9-3-4-10-38(37)30-40(39)28-32/h1-30H. The Morgan fingerprint density at radius 3 is 1.25 bits per heavy atom. The summed E-state index contributed by atoms with van der Waals surface area (Å²) in [5.74, 6) is 0. The Morgan fingerprint density at radius 2 is 0.667 bits per heavy atom. The molecule has 0 saturated carbocycles. The van der Waals surface area contributed by atoms with Crippen molar-refractivity contribution in [2.24, 2.45) is 0 Å². The van der Waals surface area contributed by atoms with Crippen molar-refractivity contribution in [2.45, 2.75) is 0 Å². The van der Waals surface area contributed by atoms with Crippen LogP contribution in [0, 0.1) is 0 Å². The van der Waals surface area contributed by atoms with E-state index in [0.29, 0.717) is 0 Å². The largest absolute Gasteiger partial charge is 0.0616 e. The molecule has 10 aromatic rings. The molecule has 0 radical (unpaired) electrons. The van der Waals surface area contributed by atoms with Crippen molar-refractivity contribution in [1.82, 2.24) is 0 Å². The van der Waals surface area contributed by atoms with Crippen molar-refractivity contribution < 1.29 is 0 Å². The Bertz CT molecular complexity index is 2920. The molecule has 0 bridgehead atoms. The molecule has 0 unspecified atom stereocenters. The predicted octanol–water partition coefficient (Wildman–Crippen LogP) is 13.5. The minimum Gasteiger partial charge on any atom is -0.0616 e. The molecule has 222 valence electrons. The zero-order chi connectivity index (χ0) is 31.6. The first-order valence-electron chi connectivity index (χ1n) is 16.7. The summed E-state index contributed by atoms with van der Waals surface area (Å²) in [7, 11) is 0. The normalized spacial score (nSPS) is 12.4. The highest BCUT2D eigenvalue weighted by molar-refractivity contribution is 6.34. The molecule has 10 aromatic carbocycles. The fourth-order valence-electron chi connectivity index (χ4n) is 7.79. The maximum absolute atomic E-state index is 2.33. The van der Waals surface area contributed by atoms with Crippen LogP contribution in [0.5, 0.6) is 0 Å². The fraction of sp³-hybridized carbons (Fsp3) is 0. The van der Waals surface area contributed by atoms with Gasteiger partial charge in [0.05, 0.1) is 0 Å². The van der Waals surface area contributed by atoms with Gasteiger partial charge in [0.15, 0.2) is 0 Å². The van der Waals surface area contributed by atoms with Gasteiger partial charge in [-0.15, -0.1) is 0 Å². The van der Waals surface area contributed by atoms with Crippen LogP contribution in [0.4, 0.5) is 0 Å². The van der Waals surface area contributed by atoms with Gasteiger partial charge in [0, 0.05) is 0 Å². The van der Waals surface area contributed by atoms with Crippen molar-refractivity contribution in [3.63, 3.8) is 0 Å². The van der Waals surface area contributed by atoms with E-state index in [1.807, 2.05) is 0 Å². The lowest BCUT2D eigenvalue weighted by atomic mass is 9.87. The number of rotatable bonds is 4. The van der Waals surface area contributed by atoms with Crippen molar-refractivity contribution in [2.75, 3.05) is 0 Å². The number of benzene rings is 10. The Hall–Kier alpha value is -6.24. The second-order valence-electron chi connectivity index (χ2n) is 12.9. The van der Waals surface area contributed by atoms with Crippen LogP contribution in [0.15, 0.2) is 158 Å². The second-order valence-corrected chi connectivity index (χ2v) is 12.9. The lowest BCUT2D eigenvalue weighted by Gasteiger charge is -2.16. The third kappa shape index (κ3) is 4.31. The Balaban J connectivity index is 1.08. The van der Waals surface area contributed by atoms with Gasteiger partial charge in [0.1, 0.15) is 0 Å². The minimum absolute atomic E-state index is 1.21. The summed E-state index contributed by atoms with van der Waals surface area (Å²) in [6, 6.07) is 57.9. The highest BCUT2D eigenvalue weighted by Gasteiger charge is 2.15. The van der Waals surface area contributed by atoms with E-state index in [-0.39, 0.29) is 0 Å². The second kappa shape index (κ2) is 10.7. The lowest BCUT2D eigenvalue weighted by Crippen LogP contribution is -1.90. The van der Waals surface area contributed by atoms with Gasteiger partial charge < -0.3 is 0 Å². The number of fused-ring (bicyclic) bond motifs is 5. The van der Waals surface area contributed by atoms with Gasteiger partial charge in [-0.2, -0.15) is 0 Å². The molecule has 10 rings (SSSR count).